The van der Waals surface area contributed by atoms with Gasteiger partial charge in [-0.3, -0.25) is 4.79 Å². The highest BCUT2D eigenvalue weighted by molar-refractivity contribution is 5.66. The molecule has 0 aliphatic carbocycles. The van der Waals surface area contributed by atoms with Crippen LogP contribution in [0.2, 0.25) is 0 Å². The van der Waals surface area contributed by atoms with Gasteiger partial charge in [0.25, 0.3) is 0 Å². The van der Waals surface area contributed by atoms with Gasteiger partial charge in [-0.05, 0) is 25.2 Å². The molecular weight excluding hydrogens is 252 g/mol. The molecule has 0 saturated carbocycles. The molecule has 3 heteroatoms. The van der Waals surface area contributed by atoms with E-state index in [0.717, 1.165) is 18.8 Å². The molecule has 0 spiro atoms. The SMILES string of the molecule is CC(C)CCCCC1OC1CCCCCCCC(=O)O. The summed E-state index contributed by atoms with van der Waals surface area (Å²) in [5.41, 5.74) is 0. The number of rotatable bonds is 13. The van der Waals surface area contributed by atoms with Crippen molar-refractivity contribution >= 4 is 5.97 Å². The average molecular weight is 284 g/mol. The molecule has 118 valence electrons. The molecule has 1 N–H and O–H groups in total. The first kappa shape index (κ1) is 17.5. The molecule has 1 heterocycles. The Morgan fingerprint density at radius 3 is 2.10 bits per heavy atom. The topological polar surface area (TPSA) is 49.8 Å². The van der Waals surface area contributed by atoms with Crippen LogP contribution in [0, 0.1) is 5.92 Å². The number of hydrogen-bond donors (Lipinski definition) is 1. The van der Waals surface area contributed by atoms with E-state index in [1.54, 1.807) is 0 Å². The number of hydrogen-bond acceptors (Lipinski definition) is 2. The van der Waals surface area contributed by atoms with Gasteiger partial charge in [0.2, 0.25) is 0 Å². The second-order valence-corrected chi connectivity index (χ2v) is 6.59. The van der Waals surface area contributed by atoms with Crippen LogP contribution in [-0.2, 0) is 9.53 Å². The van der Waals surface area contributed by atoms with E-state index in [1.807, 2.05) is 0 Å². The highest BCUT2D eigenvalue weighted by Crippen LogP contribution is 2.31. The van der Waals surface area contributed by atoms with E-state index < -0.39 is 5.97 Å². The van der Waals surface area contributed by atoms with Crippen LogP contribution in [-0.4, -0.2) is 23.3 Å². The molecule has 0 amide bonds. The zero-order valence-corrected chi connectivity index (χ0v) is 13.3. The second kappa shape index (κ2) is 10.2. The molecule has 3 nitrogen and oxygen atoms in total. The Bertz CT molecular complexity index is 263. The molecule has 1 aliphatic rings. The van der Waals surface area contributed by atoms with Gasteiger partial charge in [-0.1, -0.05) is 58.8 Å². The van der Waals surface area contributed by atoms with E-state index in [2.05, 4.69) is 13.8 Å². The van der Waals surface area contributed by atoms with Gasteiger partial charge >= 0.3 is 5.97 Å². The van der Waals surface area contributed by atoms with Gasteiger partial charge < -0.3 is 9.84 Å². The summed E-state index contributed by atoms with van der Waals surface area (Å²) in [5.74, 6) is 0.156. The van der Waals surface area contributed by atoms with E-state index in [1.165, 1.54) is 51.4 Å². The predicted molar refractivity (Wildman–Crippen MR) is 81.9 cm³/mol. The van der Waals surface area contributed by atoms with E-state index in [4.69, 9.17) is 9.84 Å². The summed E-state index contributed by atoms with van der Waals surface area (Å²) in [6, 6.07) is 0. The van der Waals surface area contributed by atoms with Crippen LogP contribution in [0.15, 0.2) is 0 Å². The monoisotopic (exact) mass is 284 g/mol. The molecule has 0 aromatic carbocycles. The molecule has 0 radical (unpaired) electrons. The highest BCUT2D eigenvalue weighted by atomic mass is 16.6. The summed E-state index contributed by atoms with van der Waals surface area (Å²) >= 11 is 0. The maximum absolute atomic E-state index is 10.4. The zero-order valence-electron chi connectivity index (χ0n) is 13.3. The van der Waals surface area contributed by atoms with Crippen LogP contribution in [0.4, 0.5) is 0 Å². The lowest BCUT2D eigenvalue weighted by Gasteiger charge is -2.02. The molecule has 0 aromatic rings. The maximum Gasteiger partial charge on any atom is 0.303 e. The largest absolute Gasteiger partial charge is 0.481 e. The minimum absolute atomic E-state index is 0.324. The fourth-order valence-corrected chi connectivity index (χ4v) is 2.74. The lowest BCUT2D eigenvalue weighted by Crippen LogP contribution is -1.96. The Hall–Kier alpha value is -0.570. The summed E-state index contributed by atoms with van der Waals surface area (Å²) in [6.45, 7) is 4.57. The van der Waals surface area contributed by atoms with Gasteiger partial charge in [0.1, 0.15) is 0 Å². The minimum Gasteiger partial charge on any atom is -0.481 e. The van der Waals surface area contributed by atoms with Gasteiger partial charge in [0, 0.05) is 6.42 Å². The van der Waals surface area contributed by atoms with E-state index in [0.29, 0.717) is 18.6 Å². The molecule has 1 fully saturated rings. The lowest BCUT2D eigenvalue weighted by atomic mass is 10.0. The molecule has 2 atom stereocenters. The lowest BCUT2D eigenvalue weighted by molar-refractivity contribution is -0.137. The molecule has 2 unspecified atom stereocenters. The smallest absolute Gasteiger partial charge is 0.303 e. The minimum atomic E-state index is -0.670. The van der Waals surface area contributed by atoms with Crippen molar-refractivity contribution in [1.82, 2.24) is 0 Å². The Balaban J connectivity index is 1.80. The van der Waals surface area contributed by atoms with Crippen molar-refractivity contribution in [3.8, 4) is 0 Å². The van der Waals surface area contributed by atoms with Crippen molar-refractivity contribution in [1.29, 1.82) is 0 Å². The van der Waals surface area contributed by atoms with Crippen molar-refractivity contribution in [2.75, 3.05) is 0 Å². The van der Waals surface area contributed by atoms with Crippen molar-refractivity contribution in [3.63, 3.8) is 0 Å². The number of carboxylic acid groups (broad SMARTS) is 1. The Morgan fingerprint density at radius 1 is 0.950 bits per heavy atom. The first-order chi connectivity index (χ1) is 9.59. The van der Waals surface area contributed by atoms with Gasteiger partial charge in [-0.2, -0.15) is 0 Å². The molecule has 1 aliphatic heterocycles. The van der Waals surface area contributed by atoms with Crippen molar-refractivity contribution < 1.29 is 14.6 Å². The van der Waals surface area contributed by atoms with Crippen LogP contribution in [0.3, 0.4) is 0 Å². The molecule has 20 heavy (non-hydrogen) atoms. The standard InChI is InChI=1S/C17H32O3/c1-14(2)10-8-9-12-16-15(20-16)11-6-4-3-5-7-13-17(18)19/h14-16H,3-13H2,1-2H3,(H,18,19). The normalized spacial score (nSPS) is 21.4. The Kier molecular flexibility index (Phi) is 8.92. The third-order valence-electron chi connectivity index (χ3n) is 4.09. The first-order valence-corrected chi connectivity index (χ1v) is 8.47. The van der Waals surface area contributed by atoms with E-state index in [-0.39, 0.29) is 0 Å². The Labute approximate surface area is 124 Å². The third-order valence-corrected chi connectivity index (χ3v) is 4.09. The number of unbranched alkanes of at least 4 members (excludes halogenated alkanes) is 5. The number of aliphatic carboxylic acids is 1. The number of epoxide rings is 1. The molecule has 1 rings (SSSR count). The van der Waals surface area contributed by atoms with Gasteiger partial charge in [0.05, 0.1) is 12.2 Å². The maximum atomic E-state index is 10.4. The van der Waals surface area contributed by atoms with Crippen molar-refractivity contribution in [3.05, 3.63) is 0 Å². The molecule has 0 bridgehead atoms. The molecule has 1 saturated heterocycles. The fraction of sp³-hybridized carbons (Fsp3) is 0.941. The third kappa shape index (κ3) is 9.35. The van der Waals surface area contributed by atoms with Gasteiger partial charge in [-0.15, -0.1) is 0 Å². The van der Waals surface area contributed by atoms with Crippen LogP contribution in [0.25, 0.3) is 0 Å². The van der Waals surface area contributed by atoms with Crippen LogP contribution in [0.1, 0.15) is 84.5 Å². The Morgan fingerprint density at radius 2 is 1.50 bits per heavy atom. The summed E-state index contributed by atoms with van der Waals surface area (Å²) in [4.78, 5) is 10.4. The second-order valence-electron chi connectivity index (χ2n) is 6.59. The van der Waals surface area contributed by atoms with Gasteiger partial charge in [-0.25, -0.2) is 0 Å². The summed E-state index contributed by atoms with van der Waals surface area (Å²) in [5, 5.41) is 8.53. The predicted octanol–water partition coefficient (Wildman–Crippen LogP) is 4.79. The molecular formula is C17H32O3. The summed E-state index contributed by atoms with van der Waals surface area (Å²) < 4.78 is 5.71. The molecule has 0 aromatic heterocycles. The van der Waals surface area contributed by atoms with Gasteiger partial charge in [0.15, 0.2) is 0 Å². The summed E-state index contributed by atoms with van der Waals surface area (Å²) in [6.07, 6.45) is 13.4. The van der Waals surface area contributed by atoms with Crippen LogP contribution in [0.5, 0.6) is 0 Å². The average Bonchev–Trinajstić information content (AvgIpc) is 3.11. The number of carbonyl (C=O) groups is 1. The van der Waals surface area contributed by atoms with Crippen LogP contribution >= 0.6 is 0 Å². The quantitative estimate of drug-likeness (QED) is 0.391. The number of ether oxygens (including phenoxy) is 1. The number of carboxylic acids is 1. The summed E-state index contributed by atoms with van der Waals surface area (Å²) in [7, 11) is 0. The fourth-order valence-electron chi connectivity index (χ4n) is 2.74. The highest BCUT2D eigenvalue weighted by Gasteiger charge is 2.36. The zero-order chi connectivity index (χ0) is 14.8. The van der Waals surface area contributed by atoms with E-state index in [9.17, 15) is 4.79 Å². The van der Waals surface area contributed by atoms with E-state index >= 15 is 0 Å². The van der Waals surface area contributed by atoms with Crippen LogP contribution < -0.4 is 0 Å². The van der Waals surface area contributed by atoms with Crippen molar-refractivity contribution in [2.45, 2.75) is 96.7 Å². The van der Waals surface area contributed by atoms with Crippen molar-refractivity contribution in [2.24, 2.45) is 5.92 Å². The first-order valence-electron chi connectivity index (χ1n) is 8.47.